The molecule has 8 nitrogen and oxygen atoms in total. The van der Waals surface area contributed by atoms with Gasteiger partial charge in [-0.05, 0) is 18.6 Å². The van der Waals surface area contributed by atoms with E-state index in [4.69, 9.17) is 5.11 Å². The van der Waals surface area contributed by atoms with Crippen LogP contribution >= 0.6 is 0 Å². The summed E-state index contributed by atoms with van der Waals surface area (Å²) in [6, 6.07) is 5.49. The third-order valence-electron chi connectivity index (χ3n) is 3.49. The van der Waals surface area contributed by atoms with Crippen LogP contribution in [-0.4, -0.2) is 46.4 Å². The van der Waals surface area contributed by atoms with Gasteiger partial charge >= 0.3 is 12.0 Å². The molecule has 1 aliphatic heterocycles. The van der Waals surface area contributed by atoms with E-state index in [0.717, 1.165) is 10.5 Å². The fourth-order valence-corrected chi connectivity index (χ4v) is 2.18. The van der Waals surface area contributed by atoms with E-state index in [1.165, 1.54) is 0 Å². The molecule has 0 unspecified atom stereocenters. The Bertz CT molecular complexity index is 658. The standard InChI is InChI=1S/C15H17N3O5/c1-9-4-2-3-5-10(9)17-15(23)18-11(8-12(18)19)14(22)16-7-6-13(20)21/h2-5,11H,6-8H2,1H3,(H,16,22)(H,17,23)(H,20,21)/t11-/m1/s1. The lowest BCUT2D eigenvalue weighted by molar-refractivity contribution is -0.148. The van der Waals surface area contributed by atoms with E-state index in [9.17, 15) is 19.2 Å². The molecule has 3 N–H and O–H groups in total. The molecule has 2 rings (SSSR count). The lowest BCUT2D eigenvalue weighted by atomic mass is 10.0. The van der Waals surface area contributed by atoms with Crippen LogP contribution in [0.1, 0.15) is 18.4 Å². The number of hydrogen-bond donors (Lipinski definition) is 3. The van der Waals surface area contributed by atoms with Crippen molar-refractivity contribution in [2.45, 2.75) is 25.8 Å². The number of carbonyl (C=O) groups excluding carboxylic acids is 3. The Labute approximate surface area is 132 Å². The van der Waals surface area contributed by atoms with Crippen molar-refractivity contribution in [3.05, 3.63) is 29.8 Å². The Kier molecular flexibility index (Phi) is 4.95. The number of aryl methyl sites for hydroxylation is 1. The minimum absolute atomic E-state index is 0.0495. The first kappa shape index (κ1) is 16.5. The molecule has 1 saturated heterocycles. The zero-order valence-corrected chi connectivity index (χ0v) is 12.5. The van der Waals surface area contributed by atoms with E-state index in [1.54, 1.807) is 12.1 Å². The van der Waals surface area contributed by atoms with Gasteiger partial charge in [0.1, 0.15) is 6.04 Å². The van der Waals surface area contributed by atoms with E-state index in [2.05, 4.69) is 10.6 Å². The number of carbonyl (C=O) groups is 4. The maximum Gasteiger partial charge on any atom is 0.329 e. The molecular weight excluding hydrogens is 302 g/mol. The summed E-state index contributed by atoms with van der Waals surface area (Å²) in [4.78, 5) is 47.0. The highest BCUT2D eigenvalue weighted by molar-refractivity contribution is 6.10. The molecule has 1 fully saturated rings. The Balaban J connectivity index is 1.96. The summed E-state index contributed by atoms with van der Waals surface area (Å²) in [5.74, 6) is -2.02. The highest BCUT2D eigenvalue weighted by Gasteiger charge is 2.45. The lowest BCUT2D eigenvalue weighted by Gasteiger charge is -2.37. The molecule has 0 spiro atoms. The van der Waals surface area contributed by atoms with Gasteiger partial charge in [-0.2, -0.15) is 0 Å². The van der Waals surface area contributed by atoms with Crippen LogP contribution in [0, 0.1) is 6.92 Å². The van der Waals surface area contributed by atoms with Gasteiger partial charge in [0.25, 0.3) is 0 Å². The number of β-lactam (4-membered cyclic amide) rings is 1. The Morgan fingerprint density at radius 1 is 1.30 bits per heavy atom. The number of imide groups is 1. The molecule has 1 aromatic carbocycles. The van der Waals surface area contributed by atoms with Crippen molar-refractivity contribution in [1.29, 1.82) is 0 Å². The molecule has 1 heterocycles. The van der Waals surface area contributed by atoms with Crippen molar-refractivity contribution < 1.29 is 24.3 Å². The Morgan fingerprint density at radius 3 is 2.61 bits per heavy atom. The Hall–Kier alpha value is -2.90. The molecule has 8 heteroatoms. The number of rotatable bonds is 5. The highest BCUT2D eigenvalue weighted by atomic mass is 16.4. The quantitative estimate of drug-likeness (QED) is 0.692. The van der Waals surface area contributed by atoms with Gasteiger partial charge in [-0.1, -0.05) is 18.2 Å². The van der Waals surface area contributed by atoms with Gasteiger partial charge in [0.15, 0.2) is 0 Å². The van der Waals surface area contributed by atoms with Crippen LogP contribution in [0.15, 0.2) is 24.3 Å². The molecule has 0 aliphatic carbocycles. The molecular formula is C15H17N3O5. The summed E-state index contributed by atoms with van der Waals surface area (Å²) in [7, 11) is 0. The van der Waals surface area contributed by atoms with Gasteiger partial charge < -0.3 is 15.7 Å². The third-order valence-corrected chi connectivity index (χ3v) is 3.49. The van der Waals surface area contributed by atoms with E-state index in [-0.39, 0.29) is 19.4 Å². The number of aliphatic carboxylic acids is 1. The van der Waals surface area contributed by atoms with E-state index < -0.39 is 29.9 Å². The lowest BCUT2D eigenvalue weighted by Crippen LogP contribution is -2.62. The molecule has 122 valence electrons. The summed E-state index contributed by atoms with van der Waals surface area (Å²) in [5, 5.41) is 13.5. The second kappa shape index (κ2) is 6.91. The predicted octanol–water partition coefficient (Wildman–Crippen LogP) is 0.719. The fraction of sp³-hybridized carbons (Fsp3) is 0.333. The number of nitrogens with zero attached hydrogens (tertiary/aromatic N) is 1. The first-order valence-corrected chi connectivity index (χ1v) is 7.08. The molecule has 0 saturated carbocycles. The van der Waals surface area contributed by atoms with Crippen LogP contribution in [0.3, 0.4) is 0 Å². The molecule has 0 radical (unpaired) electrons. The van der Waals surface area contributed by atoms with Crippen molar-refractivity contribution in [2.24, 2.45) is 0 Å². The first-order valence-electron chi connectivity index (χ1n) is 7.08. The van der Waals surface area contributed by atoms with Gasteiger partial charge in [0, 0.05) is 12.2 Å². The van der Waals surface area contributed by atoms with Crippen molar-refractivity contribution in [1.82, 2.24) is 10.2 Å². The van der Waals surface area contributed by atoms with Gasteiger partial charge in [0.05, 0.1) is 12.8 Å². The second-order valence-electron chi connectivity index (χ2n) is 5.16. The maximum absolute atomic E-state index is 12.2. The van der Waals surface area contributed by atoms with Crippen LogP contribution in [0.2, 0.25) is 0 Å². The summed E-state index contributed by atoms with van der Waals surface area (Å²) in [6.07, 6.45) is -0.290. The number of hydrogen-bond acceptors (Lipinski definition) is 4. The predicted molar refractivity (Wildman–Crippen MR) is 80.7 cm³/mol. The van der Waals surface area contributed by atoms with Crippen LogP contribution < -0.4 is 10.6 Å². The molecule has 4 amide bonds. The number of amides is 4. The third kappa shape index (κ3) is 3.85. The molecule has 23 heavy (non-hydrogen) atoms. The SMILES string of the molecule is Cc1ccccc1NC(=O)N1C(=O)C[C@@H]1C(=O)NCCC(=O)O. The average Bonchev–Trinajstić information content (AvgIpc) is 2.46. The number of carboxylic acid groups (broad SMARTS) is 1. The molecule has 1 atom stereocenters. The number of likely N-dealkylation sites (tertiary alicyclic amines) is 1. The molecule has 1 aliphatic rings. The van der Waals surface area contributed by atoms with Crippen molar-refractivity contribution in [2.75, 3.05) is 11.9 Å². The van der Waals surface area contributed by atoms with E-state index in [0.29, 0.717) is 5.69 Å². The number of urea groups is 1. The van der Waals surface area contributed by atoms with E-state index in [1.807, 2.05) is 19.1 Å². The fourth-order valence-electron chi connectivity index (χ4n) is 2.18. The van der Waals surface area contributed by atoms with Crippen LogP contribution in [0.5, 0.6) is 0 Å². The topological polar surface area (TPSA) is 116 Å². The first-order chi connectivity index (χ1) is 10.9. The molecule has 0 aromatic heterocycles. The van der Waals surface area contributed by atoms with Crippen LogP contribution in [0.25, 0.3) is 0 Å². The number of nitrogens with one attached hydrogen (secondary N) is 2. The normalized spacial score (nSPS) is 16.5. The average molecular weight is 319 g/mol. The maximum atomic E-state index is 12.2. The van der Waals surface area contributed by atoms with Gasteiger partial charge in [0.2, 0.25) is 11.8 Å². The smallest absolute Gasteiger partial charge is 0.329 e. The van der Waals surface area contributed by atoms with Crippen molar-refractivity contribution >= 4 is 29.5 Å². The zero-order valence-electron chi connectivity index (χ0n) is 12.5. The largest absolute Gasteiger partial charge is 0.481 e. The second-order valence-corrected chi connectivity index (χ2v) is 5.16. The van der Waals surface area contributed by atoms with Crippen molar-refractivity contribution in [3.8, 4) is 0 Å². The van der Waals surface area contributed by atoms with Gasteiger partial charge in [-0.3, -0.25) is 19.3 Å². The van der Waals surface area contributed by atoms with Gasteiger partial charge in [-0.15, -0.1) is 0 Å². The monoisotopic (exact) mass is 319 g/mol. The van der Waals surface area contributed by atoms with Crippen LogP contribution in [0.4, 0.5) is 10.5 Å². The summed E-state index contributed by atoms with van der Waals surface area (Å²) in [6.45, 7) is 1.76. The van der Waals surface area contributed by atoms with Gasteiger partial charge in [-0.25, -0.2) is 4.79 Å². The Morgan fingerprint density at radius 2 is 2.00 bits per heavy atom. The molecule has 1 aromatic rings. The minimum Gasteiger partial charge on any atom is -0.481 e. The summed E-state index contributed by atoms with van der Waals surface area (Å²) in [5.41, 5.74) is 1.39. The number of carboxylic acids is 1. The minimum atomic E-state index is -1.04. The van der Waals surface area contributed by atoms with E-state index >= 15 is 0 Å². The molecule has 0 bridgehead atoms. The summed E-state index contributed by atoms with van der Waals surface area (Å²) < 4.78 is 0. The zero-order chi connectivity index (χ0) is 17.0. The highest BCUT2D eigenvalue weighted by Crippen LogP contribution is 2.22. The summed E-state index contributed by atoms with van der Waals surface area (Å²) >= 11 is 0. The van der Waals surface area contributed by atoms with Crippen LogP contribution in [-0.2, 0) is 14.4 Å². The number of benzene rings is 1. The number of para-hydroxylation sites is 1. The van der Waals surface area contributed by atoms with Crippen molar-refractivity contribution in [3.63, 3.8) is 0 Å². The number of anilines is 1.